The first-order chi connectivity index (χ1) is 13.1. The smallest absolute Gasteiger partial charge is 0.261 e. The van der Waals surface area contributed by atoms with E-state index in [1.807, 2.05) is 27.7 Å². The van der Waals surface area contributed by atoms with Crippen LogP contribution in [0.3, 0.4) is 0 Å². The summed E-state index contributed by atoms with van der Waals surface area (Å²) < 4.78 is 0. The number of fused-ring (bicyclic) bond motifs is 1. The van der Waals surface area contributed by atoms with E-state index in [0.29, 0.717) is 50.3 Å². The van der Waals surface area contributed by atoms with Crippen LogP contribution < -0.4 is 5.56 Å². The Hall–Kier alpha value is -2.46. The Kier molecular flexibility index (Phi) is 5.44. The lowest BCUT2D eigenvalue weighted by atomic mass is 9.75. The minimum absolute atomic E-state index is 0.0287. The molecule has 7 heteroatoms. The summed E-state index contributed by atoms with van der Waals surface area (Å²) in [5.41, 5.74) is 0.490. The molecule has 1 amide bonds. The van der Waals surface area contributed by atoms with Gasteiger partial charge < -0.3 is 9.88 Å². The van der Waals surface area contributed by atoms with Crippen molar-refractivity contribution in [1.29, 1.82) is 5.26 Å². The van der Waals surface area contributed by atoms with Crippen molar-refractivity contribution >= 4 is 11.7 Å². The maximum atomic E-state index is 12.9. The molecule has 1 N–H and O–H groups in total. The number of nitrogens with one attached hydrogen (secondary N) is 1. The Bertz CT molecular complexity index is 886. The Morgan fingerprint density at radius 3 is 2.39 bits per heavy atom. The van der Waals surface area contributed by atoms with Gasteiger partial charge in [0.2, 0.25) is 0 Å². The van der Waals surface area contributed by atoms with E-state index >= 15 is 0 Å². The topological polar surface area (TPSA) is 97.3 Å². The number of aromatic amines is 1. The highest BCUT2D eigenvalue weighted by molar-refractivity contribution is 6.02. The van der Waals surface area contributed by atoms with Crippen molar-refractivity contribution < 1.29 is 9.59 Å². The lowest BCUT2D eigenvalue weighted by Crippen LogP contribution is -2.53. The van der Waals surface area contributed by atoms with Gasteiger partial charge >= 0.3 is 0 Å². The number of aromatic nitrogens is 1. The highest BCUT2D eigenvalue weighted by Gasteiger charge is 2.34. The summed E-state index contributed by atoms with van der Waals surface area (Å²) in [6, 6.07) is 3.63. The van der Waals surface area contributed by atoms with Gasteiger partial charge in [-0.3, -0.25) is 19.3 Å². The number of nitrogens with zero attached hydrogens (tertiary/aromatic N) is 3. The number of piperazine rings is 1. The number of hydrogen-bond acceptors (Lipinski definition) is 5. The van der Waals surface area contributed by atoms with Crippen LogP contribution in [0.15, 0.2) is 10.9 Å². The van der Waals surface area contributed by atoms with Gasteiger partial charge in [0, 0.05) is 43.9 Å². The fourth-order valence-electron chi connectivity index (χ4n) is 4.21. The van der Waals surface area contributed by atoms with Gasteiger partial charge in [0.1, 0.15) is 11.6 Å². The number of ketones is 1. The van der Waals surface area contributed by atoms with Crippen LogP contribution in [0.1, 0.15) is 60.5 Å². The van der Waals surface area contributed by atoms with E-state index in [1.165, 1.54) is 6.07 Å². The molecule has 1 fully saturated rings. The third kappa shape index (κ3) is 3.88. The van der Waals surface area contributed by atoms with Gasteiger partial charge in [-0.1, -0.05) is 27.7 Å². The van der Waals surface area contributed by atoms with Crippen molar-refractivity contribution in [3.8, 4) is 6.07 Å². The first-order valence-electron chi connectivity index (χ1n) is 9.85. The molecule has 2 aliphatic rings. The maximum absolute atomic E-state index is 12.9. The van der Waals surface area contributed by atoms with Crippen LogP contribution in [0.25, 0.3) is 0 Å². The van der Waals surface area contributed by atoms with Crippen LogP contribution in [0.5, 0.6) is 0 Å². The zero-order valence-electron chi connectivity index (χ0n) is 17.0. The quantitative estimate of drug-likeness (QED) is 0.857. The van der Waals surface area contributed by atoms with E-state index in [1.54, 1.807) is 4.90 Å². The normalized spacial score (nSPS) is 20.6. The summed E-state index contributed by atoms with van der Waals surface area (Å²) in [4.78, 5) is 44.5. The highest BCUT2D eigenvalue weighted by Crippen LogP contribution is 2.33. The van der Waals surface area contributed by atoms with Crippen LogP contribution in [0.4, 0.5) is 0 Å². The van der Waals surface area contributed by atoms with Gasteiger partial charge in [-0.25, -0.2) is 0 Å². The largest absolute Gasteiger partial charge is 0.336 e. The van der Waals surface area contributed by atoms with Crippen molar-refractivity contribution in [3.05, 3.63) is 33.2 Å². The Morgan fingerprint density at radius 1 is 1.18 bits per heavy atom. The first-order valence-corrected chi connectivity index (χ1v) is 9.85. The molecule has 1 aromatic rings. The minimum Gasteiger partial charge on any atom is -0.336 e. The molecule has 0 bridgehead atoms. The fourth-order valence-corrected chi connectivity index (χ4v) is 4.21. The average molecular weight is 384 g/mol. The molecule has 28 heavy (non-hydrogen) atoms. The predicted molar refractivity (Wildman–Crippen MR) is 105 cm³/mol. The number of rotatable bonds is 3. The number of Topliss-reactive ketones (excluding diaryl/α,β-unsaturated/α-hetero) is 1. The Morgan fingerprint density at radius 2 is 1.82 bits per heavy atom. The van der Waals surface area contributed by atoms with Gasteiger partial charge in [0.25, 0.3) is 11.5 Å². The van der Waals surface area contributed by atoms with Crippen molar-refractivity contribution in [2.24, 2.45) is 11.3 Å². The summed E-state index contributed by atoms with van der Waals surface area (Å²) in [6.07, 6.45) is 1.02. The van der Waals surface area contributed by atoms with E-state index in [-0.39, 0.29) is 34.6 Å². The summed E-state index contributed by atoms with van der Waals surface area (Å²) in [5.74, 6) is -0.166. The zero-order chi connectivity index (χ0) is 20.6. The number of pyridine rings is 1. The van der Waals surface area contributed by atoms with Crippen molar-refractivity contribution in [1.82, 2.24) is 14.8 Å². The number of H-pyrrole nitrogens is 1. The number of amides is 1. The predicted octanol–water partition coefficient (Wildman–Crippen LogP) is 1.84. The molecular formula is C21H28N4O3. The number of hydrogen-bond donors (Lipinski definition) is 1. The summed E-state index contributed by atoms with van der Waals surface area (Å²) >= 11 is 0. The lowest BCUT2D eigenvalue weighted by molar-refractivity contribution is 0.0575. The number of carbonyl (C=O) groups excluding carboxylic acids is 2. The van der Waals surface area contributed by atoms with Gasteiger partial charge in [-0.05, 0) is 23.8 Å². The van der Waals surface area contributed by atoms with E-state index in [0.717, 1.165) is 0 Å². The molecule has 7 nitrogen and oxygen atoms in total. The van der Waals surface area contributed by atoms with Crippen molar-refractivity contribution in [3.63, 3.8) is 0 Å². The molecular weight excluding hydrogens is 356 g/mol. The second-order valence-corrected chi connectivity index (χ2v) is 8.99. The van der Waals surface area contributed by atoms with Gasteiger partial charge in [0.05, 0.1) is 6.07 Å². The highest BCUT2D eigenvalue weighted by atomic mass is 16.2. The van der Waals surface area contributed by atoms with Crippen LogP contribution in [-0.2, 0) is 6.42 Å². The maximum Gasteiger partial charge on any atom is 0.261 e. The molecule has 150 valence electrons. The molecule has 1 atom stereocenters. The van der Waals surface area contributed by atoms with Crippen molar-refractivity contribution in [2.45, 2.75) is 46.6 Å². The second-order valence-electron chi connectivity index (χ2n) is 8.99. The molecule has 0 spiro atoms. The van der Waals surface area contributed by atoms with Gasteiger partial charge in [-0.2, -0.15) is 5.26 Å². The number of nitriles is 1. The molecule has 0 radical (unpaired) electrons. The van der Waals surface area contributed by atoms with Crippen LogP contribution in [-0.4, -0.2) is 58.7 Å². The summed E-state index contributed by atoms with van der Waals surface area (Å²) in [6.45, 7) is 10.1. The molecule has 1 aliphatic carbocycles. The van der Waals surface area contributed by atoms with Gasteiger partial charge in [-0.15, -0.1) is 0 Å². The van der Waals surface area contributed by atoms with Crippen LogP contribution >= 0.6 is 0 Å². The van der Waals surface area contributed by atoms with Crippen LogP contribution in [0, 0.1) is 22.7 Å². The molecule has 0 aromatic carbocycles. The summed E-state index contributed by atoms with van der Waals surface area (Å²) in [5, 5.41) is 9.36. The van der Waals surface area contributed by atoms with Crippen LogP contribution in [0.2, 0.25) is 0 Å². The lowest BCUT2D eigenvalue weighted by Gasteiger charge is -2.38. The van der Waals surface area contributed by atoms with E-state index in [9.17, 15) is 19.6 Å². The average Bonchev–Trinajstić information content (AvgIpc) is 2.60. The van der Waals surface area contributed by atoms with E-state index < -0.39 is 5.56 Å². The standard InChI is InChI=1S/C21H28N4O3/c1-13(2)17(12-22)24-5-7-25(8-6-24)20(28)15-9-14-16(23-19(15)27)10-21(3,4)11-18(14)26/h9,13,17H,5-8,10-11H2,1-4H3,(H,23,27). The molecule has 1 aromatic heterocycles. The molecule has 2 heterocycles. The monoisotopic (exact) mass is 384 g/mol. The van der Waals surface area contributed by atoms with Crippen molar-refractivity contribution in [2.75, 3.05) is 26.2 Å². The molecule has 1 saturated heterocycles. The molecule has 1 unspecified atom stereocenters. The number of carbonyl (C=O) groups is 2. The van der Waals surface area contributed by atoms with E-state index in [2.05, 4.69) is 16.0 Å². The molecule has 3 rings (SSSR count). The third-order valence-corrected chi connectivity index (χ3v) is 5.71. The SMILES string of the molecule is CC(C)C(C#N)N1CCN(C(=O)c2cc3c([nH]c2=O)CC(C)(C)CC3=O)CC1. The molecule has 1 aliphatic heterocycles. The Labute approximate surface area is 165 Å². The van der Waals surface area contributed by atoms with Gasteiger partial charge in [0.15, 0.2) is 5.78 Å². The Balaban J connectivity index is 1.78. The summed E-state index contributed by atoms with van der Waals surface area (Å²) in [7, 11) is 0. The molecule has 0 saturated carbocycles. The third-order valence-electron chi connectivity index (χ3n) is 5.71. The zero-order valence-corrected chi connectivity index (χ0v) is 17.0. The minimum atomic E-state index is -0.436. The second kappa shape index (κ2) is 7.51. The van der Waals surface area contributed by atoms with E-state index in [4.69, 9.17) is 0 Å². The first kappa shape index (κ1) is 20.3. The fraction of sp³-hybridized carbons (Fsp3) is 0.619.